The quantitative estimate of drug-likeness (QED) is 0.832. The van der Waals surface area contributed by atoms with Gasteiger partial charge in [0.05, 0.1) is 5.56 Å². The van der Waals surface area contributed by atoms with Gasteiger partial charge >= 0.3 is 0 Å². The van der Waals surface area contributed by atoms with Crippen molar-refractivity contribution in [3.8, 4) is 11.5 Å². The minimum absolute atomic E-state index is 0.277. The molecule has 92 valence electrons. The third-order valence-corrected chi connectivity index (χ3v) is 3.35. The molecule has 0 unspecified atom stereocenters. The van der Waals surface area contributed by atoms with Gasteiger partial charge in [0, 0.05) is 9.50 Å². The van der Waals surface area contributed by atoms with Crippen LogP contribution in [0.4, 0.5) is 0 Å². The molecule has 0 atom stereocenters. The van der Waals surface area contributed by atoms with Crippen LogP contribution in [0.5, 0.6) is 11.5 Å². The Labute approximate surface area is 124 Å². The van der Waals surface area contributed by atoms with Gasteiger partial charge in [0.25, 0.3) is 0 Å². The smallest absolute Gasteiger partial charge is 0.138 e. The summed E-state index contributed by atoms with van der Waals surface area (Å²) in [6, 6.07) is 12.7. The lowest BCUT2D eigenvalue weighted by molar-refractivity contribution is 0.481. The lowest BCUT2D eigenvalue weighted by atomic mass is 10.2. The molecule has 0 aliphatic rings. The molecule has 0 bridgehead atoms. The standard InChI is InChI=1S/C13H9BrClNOS/c14-10-5-2-6-11(12(10)13(16)18)17-9-4-1-3-8(15)7-9/h1-7H,(H2,16,18). The van der Waals surface area contributed by atoms with Crippen molar-refractivity contribution in [3.63, 3.8) is 0 Å². The minimum Gasteiger partial charge on any atom is -0.457 e. The maximum atomic E-state index is 5.90. The molecule has 2 rings (SSSR count). The normalized spacial score (nSPS) is 10.1. The van der Waals surface area contributed by atoms with Crippen molar-refractivity contribution in [3.05, 3.63) is 57.5 Å². The zero-order valence-corrected chi connectivity index (χ0v) is 12.3. The van der Waals surface area contributed by atoms with Gasteiger partial charge in [0.1, 0.15) is 16.5 Å². The molecule has 2 N–H and O–H groups in total. The number of rotatable bonds is 3. The van der Waals surface area contributed by atoms with Crippen LogP contribution in [-0.4, -0.2) is 4.99 Å². The maximum Gasteiger partial charge on any atom is 0.138 e. The van der Waals surface area contributed by atoms with Crippen LogP contribution >= 0.6 is 39.7 Å². The molecule has 0 saturated heterocycles. The predicted octanol–water partition coefficient (Wildman–Crippen LogP) is 4.53. The van der Waals surface area contributed by atoms with Crippen LogP contribution in [0.1, 0.15) is 5.56 Å². The summed E-state index contributed by atoms with van der Waals surface area (Å²) < 4.78 is 6.55. The first-order valence-corrected chi connectivity index (χ1v) is 6.67. The van der Waals surface area contributed by atoms with E-state index in [9.17, 15) is 0 Å². The number of thiocarbonyl (C=S) groups is 1. The first-order chi connectivity index (χ1) is 8.58. The van der Waals surface area contributed by atoms with Gasteiger partial charge in [-0.1, -0.05) is 36.0 Å². The van der Waals surface area contributed by atoms with Crippen LogP contribution in [0.2, 0.25) is 5.02 Å². The summed E-state index contributed by atoms with van der Waals surface area (Å²) in [4.78, 5) is 0.277. The van der Waals surface area contributed by atoms with Gasteiger partial charge in [-0.05, 0) is 46.3 Å². The molecule has 2 aromatic rings. The van der Waals surface area contributed by atoms with Gasteiger partial charge in [0.15, 0.2) is 0 Å². The second kappa shape index (κ2) is 5.69. The van der Waals surface area contributed by atoms with Crippen LogP contribution in [0.25, 0.3) is 0 Å². The van der Waals surface area contributed by atoms with E-state index in [1.54, 1.807) is 18.2 Å². The molecule has 0 saturated carbocycles. The molecule has 0 spiro atoms. The first-order valence-electron chi connectivity index (χ1n) is 5.09. The van der Waals surface area contributed by atoms with E-state index in [-0.39, 0.29) is 4.99 Å². The van der Waals surface area contributed by atoms with Crippen molar-refractivity contribution in [1.82, 2.24) is 0 Å². The molecule has 2 aromatic carbocycles. The lowest BCUT2D eigenvalue weighted by Gasteiger charge is -2.11. The average molecular weight is 343 g/mol. The molecule has 18 heavy (non-hydrogen) atoms. The Morgan fingerprint density at radius 3 is 2.61 bits per heavy atom. The Hall–Kier alpha value is -1.10. The van der Waals surface area contributed by atoms with Gasteiger partial charge in [0.2, 0.25) is 0 Å². The summed E-state index contributed by atoms with van der Waals surface area (Å²) in [7, 11) is 0. The molecular formula is C13H9BrClNOS. The van der Waals surface area contributed by atoms with Crippen molar-refractivity contribution in [2.24, 2.45) is 5.73 Å². The van der Waals surface area contributed by atoms with Gasteiger partial charge in [-0.2, -0.15) is 0 Å². The van der Waals surface area contributed by atoms with Crippen molar-refractivity contribution in [2.75, 3.05) is 0 Å². The van der Waals surface area contributed by atoms with Gasteiger partial charge in [-0.15, -0.1) is 0 Å². The predicted molar refractivity (Wildman–Crippen MR) is 81.6 cm³/mol. The molecule has 0 aliphatic heterocycles. The number of hydrogen-bond donors (Lipinski definition) is 1. The monoisotopic (exact) mass is 341 g/mol. The largest absolute Gasteiger partial charge is 0.457 e. The molecule has 0 heterocycles. The van der Waals surface area contributed by atoms with Gasteiger partial charge in [-0.3, -0.25) is 0 Å². The summed E-state index contributed by atoms with van der Waals surface area (Å²) in [6.07, 6.45) is 0. The maximum absolute atomic E-state index is 5.90. The fourth-order valence-corrected chi connectivity index (χ4v) is 2.57. The van der Waals surface area contributed by atoms with Gasteiger partial charge < -0.3 is 10.5 Å². The molecule has 5 heteroatoms. The van der Waals surface area contributed by atoms with E-state index in [1.807, 2.05) is 24.3 Å². The number of hydrogen-bond acceptors (Lipinski definition) is 2. The second-order valence-electron chi connectivity index (χ2n) is 3.54. The summed E-state index contributed by atoms with van der Waals surface area (Å²) >= 11 is 14.3. The topological polar surface area (TPSA) is 35.2 Å². The van der Waals surface area contributed by atoms with Gasteiger partial charge in [-0.25, -0.2) is 0 Å². The molecule has 0 amide bonds. The van der Waals surface area contributed by atoms with E-state index in [0.29, 0.717) is 22.1 Å². The highest BCUT2D eigenvalue weighted by atomic mass is 79.9. The van der Waals surface area contributed by atoms with Crippen LogP contribution in [-0.2, 0) is 0 Å². The number of nitrogens with two attached hydrogens (primary N) is 1. The molecular weight excluding hydrogens is 334 g/mol. The van der Waals surface area contributed by atoms with Crippen LogP contribution in [0, 0.1) is 0 Å². The Kier molecular flexibility index (Phi) is 4.22. The zero-order valence-electron chi connectivity index (χ0n) is 9.19. The van der Waals surface area contributed by atoms with Crippen LogP contribution < -0.4 is 10.5 Å². The Balaban J connectivity index is 2.40. The molecule has 2 nitrogen and oxygen atoms in total. The van der Waals surface area contributed by atoms with Crippen molar-refractivity contribution >= 4 is 44.7 Å². The minimum atomic E-state index is 0.277. The van der Waals surface area contributed by atoms with E-state index in [1.165, 1.54) is 0 Å². The van der Waals surface area contributed by atoms with E-state index < -0.39 is 0 Å². The van der Waals surface area contributed by atoms with E-state index in [2.05, 4.69) is 15.9 Å². The number of ether oxygens (including phenoxy) is 1. The third kappa shape index (κ3) is 3.02. The highest BCUT2D eigenvalue weighted by molar-refractivity contribution is 9.10. The van der Waals surface area contributed by atoms with Crippen molar-refractivity contribution in [2.45, 2.75) is 0 Å². The zero-order chi connectivity index (χ0) is 13.1. The molecule has 0 aliphatic carbocycles. The fraction of sp³-hybridized carbons (Fsp3) is 0. The third-order valence-electron chi connectivity index (χ3n) is 2.25. The number of benzene rings is 2. The second-order valence-corrected chi connectivity index (χ2v) is 5.27. The summed E-state index contributed by atoms with van der Waals surface area (Å²) in [5, 5.41) is 0.611. The fourth-order valence-electron chi connectivity index (χ4n) is 1.49. The Bertz CT molecular complexity index is 603. The summed E-state index contributed by atoms with van der Waals surface area (Å²) in [5.74, 6) is 1.23. The SMILES string of the molecule is NC(=S)c1c(Br)cccc1Oc1cccc(Cl)c1. The molecule has 0 fully saturated rings. The average Bonchev–Trinajstić information content (AvgIpc) is 2.28. The molecule has 0 radical (unpaired) electrons. The number of halogens is 2. The van der Waals surface area contributed by atoms with Crippen molar-refractivity contribution < 1.29 is 4.74 Å². The lowest BCUT2D eigenvalue weighted by Crippen LogP contribution is -2.11. The van der Waals surface area contributed by atoms with Crippen LogP contribution in [0.15, 0.2) is 46.9 Å². The Morgan fingerprint density at radius 1 is 1.22 bits per heavy atom. The highest BCUT2D eigenvalue weighted by Crippen LogP contribution is 2.31. The first kappa shape index (κ1) is 13.3. The Morgan fingerprint density at radius 2 is 1.94 bits per heavy atom. The highest BCUT2D eigenvalue weighted by Gasteiger charge is 2.11. The molecule has 0 aromatic heterocycles. The van der Waals surface area contributed by atoms with Crippen molar-refractivity contribution in [1.29, 1.82) is 0 Å². The summed E-state index contributed by atoms with van der Waals surface area (Å²) in [5.41, 5.74) is 6.37. The van der Waals surface area contributed by atoms with Crippen LogP contribution in [0.3, 0.4) is 0 Å². The summed E-state index contributed by atoms with van der Waals surface area (Å²) in [6.45, 7) is 0. The van der Waals surface area contributed by atoms with E-state index >= 15 is 0 Å². The van der Waals surface area contributed by atoms with E-state index in [0.717, 1.165) is 4.47 Å². The van der Waals surface area contributed by atoms with E-state index in [4.69, 9.17) is 34.3 Å².